The SMILES string of the molecule is CCCCN(c1ccc(C(C)(C)C)cc1C(C)(C)C)c1ccc2c3c(cccc13)C(=O)NC2=O. The molecule has 4 nitrogen and oxygen atoms in total. The normalized spacial score (nSPS) is 13.9. The quantitative estimate of drug-likeness (QED) is 0.411. The van der Waals surface area contributed by atoms with Gasteiger partial charge in [0.1, 0.15) is 0 Å². The highest BCUT2D eigenvalue weighted by Gasteiger charge is 2.29. The Balaban J connectivity index is 1.99. The molecular formula is C30H36N2O2. The van der Waals surface area contributed by atoms with Crippen molar-refractivity contribution >= 4 is 34.0 Å². The van der Waals surface area contributed by atoms with Crippen LogP contribution in [0.1, 0.15) is 93.2 Å². The second-order valence-corrected chi connectivity index (χ2v) is 11.4. The van der Waals surface area contributed by atoms with E-state index in [9.17, 15) is 9.59 Å². The summed E-state index contributed by atoms with van der Waals surface area (Å²) in [6.45, 7) is 16.6. The van der Waals surface area contributed by atoms with Crippen molar-refractivity contribution in [1.29, 1.82) is 0 Å². The summed E-state index contributed by atoms with van der Waals surface area (Å²) in [6.07, 6.45) is 2.11. The number of carbonyl (C=O) groups is 2. The maximum atomic E-state index is 12.6. The van der Waals surface area contributed by atoms with Crippen LogP contribution >= 0.6 is 0 Å². The van der Waals surface area contributed by atoms with E-state index in [4.69, 9.17) is 0 Å². The lowest BCUT2D eigenvalue weighted by molar-refractivity contribution is 0.0845. The molecule has 34 heavy (non-hydrogen) atoms. The number of nitrogens with zero attached hydrogens (tertiary/aromatic N) is 1. The van der Waals surface area contributed by atoms with E-state index in [0.717, 1.165) is 35.8 Å². The Morgan fingerprint density at radius 3 is 2.06 bits per heavy atom. The lowest BCUT2D eigenvalue weighted by atomic mass is 9.79. The molecule has 3 aromatic carbocycles. The van der Waals surface area contributed by atoms with Gasteiger partial charge < -0.3 is 4.90 Å². The van der Waals surface area contributed by atoms with Gasteiger partial charge in [0.25, 0.3) is 11.8 Å². The molecule has 4 heteroatoms. The van der Waals surface area contributed by atoms with Crippen molar-refractivity contribution in [1.82, 2.24) is 5.32 Å². The monoisotopic (exact) mass is 456 g/mol. The lowest BCUT2D eigenvalue weighted by Crippen LogP contribution is -2.35. The van der Waals surface area contributed by atoms with E-state index in [2.05, 4.69) is 76.9 Å². The molecule has 178 valence electrons. The lowest BCUT2D eigenvalue weighted by Gasteiger charge is -2.34. The molecule has 0 bridgehead atoms. The van der Waals surface area contributed by atoms with Gasteiger partial charge in [0.2, 0.25) is 0 Å². The van der Waals surface area contributed by atoms with Crippen LogP contribution in [0.2, 0.25) is 0 Å². The second kappa shape index (κ2) is 8.57. The third-order valence-electron chi connectivity index (χ3n) is 6.72. The molecule has 0 saturated heterocycles. The van der Waals surface area contributed by atoms with Crippen LogP contribution in [0, 0.1) is 0 Å². The number of benzene rings is 3. The highest BCUT2D eigenvalue weighted by molar-refractivity contribution is 6.27. The van der Waals surface area contributed by atoms with Crippen molar-refractivity contribution < 1.29 is 9.59 Å². The zero-order valence-corrected chi connectivity index (χ0v) is 21.5. The Kier molecular flexibility index (Phi) is 6.05. The smallest absolute Gasteiger partial charge is 0.258 e. The van der Waals surface area contributed by atoms with E-state index >= 15 is 0 Å². The molecule has 0 fully saturated rings. The number of amides is 2. The van der Waals surface area contributed by atoms with Crippen molar-refractivity contribution in [2.75, 3.05) is 11.4 Å². The largest absolute Gasteiger partial charge is 0.341 e. The minimum atomic E-state index is -0.328. The second-order valence-electron chi connectivity index (χ2n) is 11.4. The van der Waals surface area contributed by atoms with Crippen LogP contribution in [0.15, 0.2) is 48.5 Å². The standard InChI is InChI=1S/C30H36N2O2/c1-8-9-17-32(25-15-13-19(29(2,3)4)18-23(25)30(5,6)7)24-16-14-22-26-20(24)11-10-12-21(26)27(33)31-28(22)34/h10-16,18H,8-9,17H2,1-7H3,(H,31,33,34). The van der Waals surface area contributed by atoms with Crippen molar-refractivity contribution in [3.63, 3.8) is 0 Å². The Bertz CT molecular complexity index is 1260. The molecule has 0 aliphatic carbocycles. The van der Waals surface area contributed by atoms with Crippen LogP contribution in [0.4, 0.5) is 11.4 Å². The minimum absolute atomic E-state index is 0.0523. The minimum Gasteiger partial charge on any atom is -0.341 e. The van der Waals surface area contributed by atoms with Gasteiger partial charge >= 0.3 is 0 Å². The van der Waals surface area contributed by atoms with Crippen LogP contribution in [-0.2, 0) is 10.8 Å². The van der Waals surface area contributed by atoms with Crippen LogP contribution in [-0.4, -0.2) is 18.4 Å². The van der Waals surface area contributed by atoms with Crippen molar-refractivity contribution in [3.05, 3.63) is 70.8 Å². The number of nitrogens with one attached hydrogen (secondary N) is 1. The molecule has 2 amide bonds. The maximum Gasteiger partial charge on any atom is 0.258 e. The summed E-state index contributed by atoms with van der Waals surface area (Å²) in [5.74, 6) is -0.657. The topological polar surface area (TPSA) is 49.4 Å². The molecule has 4 rings (SSSR count). The van der Waals surface area contributed by atoms with Crippen LogP contribution in [0.3, 0.4) is 0 Å². The number of carbonyl (C=O) groups excluding carboxylic acids is 2. The number of unbranched alkanes of at least 4 members (excludes halogenated alkanes) is 1. The third-order valence-corrected chi connectivity index (χ3v) is 6.72. The molecule has 0 saturated carbocycles. The first-order valence-electron chi connectivity index (χ1n) is 12.3. The van der Waals surface area contributed by atoms with Gasteiger partial charge in [-0.25, -0.2) is 0 Å². The predicted molar refractivity (Wildman–Crippen MR) is 142 cm³/mol. The highest BCUT2D eigenvalue weighted by atomic mass is 16.2. The van der Waals surface area contributed by atoms with Gasteiger partial charge in [-0.3, -0.25) is 14.9 Å². The van der Waals surface area contributed by atoms with Gasteiger partial charge in [0, 0.05) is 39.8 Å². The molecule has 1 N–H and O–H groups in total. The third kappa shape index (κ3) is 4.22. The Labute approximate surface area is 203 Å². The summed E-state index contributed by atoms with van der Waals surface area (Å²) in [7, 11) is 0. The molecule has 1 aliphatic rings. The number of hydrogen-bond donors (Lipinski definition) is 1. The first kappa shape index (κ1) is 24.0. The van der Waals surface area contributed by atoms with E-state index in [-0.39, 0.29) is 22.6 Å². The van der Waals surface area contributed by atoms with Gasteiger partial charge in [-0.05, 0) is 52.6 Å². The molecule has 0 aromatic heterocycles. The van der Waals surface area contributed by atoms with E-state index in [0.29, 0.717) is 11.1 Å². The van der Waals surface area contributed by atoms with Gasteiger partial charge in [-0.15, -0.1) is 0 Å². The molecule has 1 aliphatic heterocycles. The summed E-state index contributed by atoms with van der Waals surface area (Å²) < 4.78 is 0. The molecule has 0 atom stereocenters. The highest BCUT2D eigenvalue weighted by Crippen LogP contribution is 2.42. The number of imide groups is 1. The van der Waals surface area contributed by atoms with Crippen LogP contribution in [0.5, 0.6) is 0 Å². The number of hydrogen-bond acceptors (Lipinski definition) is 3. The fourth-order valence-electron chi connectivity index (χ4n) is 4.77. The van der Waals surface area contributed by atoms with Crippen LogP contribution in [0.25, 0.3) is 10.8 Å². The molecule has 1 heterocycles. The van der Waals surface area contributed by atoms with E-state index in [1.54, 1.807) is 6.07 Å². The first-order chi connectivity index (χ1) is 15.9. The van der Waals surface area contributed by atoms with E-state index in [1.165, 1.54) is 16.8 Å². The molecule has 0 spiro atoms. The molecule has 3 aromatic rings. The average molecular weight is 457 g/mol. The summed E-state index contributed by atoms with van der Waals surface area (Å²) in [5, 5.41) is 4.16. The van der Waals surface area contributed by atoms with E-state index in [1.807, 2.05) is 24.3 Å². The predicted octanol–water partition coefficient (Wildman–Crippen LogP) is 7.26. The van der Waals surface area contributed by atoms with Crippen molar-refractivity contribution in [3.8, 4) is 0 Å². The van der Waals surface area contributed by atoms with Crippen LogP contribution < -0.4 is 10.2 Å². The number of anilines is 2. The zero-order chi connectivity index (χ0) is 24.8. The fraction of sp³-hybridized carbons (Fsp3) is 0.400. The van der Waals surface area contributed by atoms with Crippen molar-refractivity contribution in [2.24, 2.45) is 0 Å². The van der Waals surface area contributed by atoms with Gasteiger partial charge in [0.05, 0.1) is 0 Å². The van der Waals surface area contributed by atoms with Gasteiger partial charge in [-0.1, -0.05) is 79.2 Å². The number of rotatable bonds is 5. The Morgan fingerprint density at radius 1 is 0.794 bits per heavy atom. The van der Waals surface area contributed by atoms with Gasteiger partial charge in [0.15, 0.2) is 0 Å². The average Bonchev–Trinajstić information content (AvgIpc) is 2.76. The summed E-state index contributed by atoms with van der Waals surface area (Å²) in [4.78, 5) is 27.5. The molecule has 0 radical (unpaired) electrons. The van der Waals surface area contributed by atoms with E-state index < -0.39 is 0 Å². The summed E-state index contributed by atoms with van der Waals surface area (Å²) in [5.41, 5.74) is 5.95. The zero-order valence-electron chi connectivity index (χ0n) is 21.5. The molecular weight excluding hydrogens is 420 g/mol. The fourth-order valence-corrected chi connectivity index (χ4v) is 4.77. The Hall–Kier alpha value is -3.14. The van der Waals surface area contributed by atoms with Gasteiger partial charge in [-0.2, -0.15) is 0 Å². The van der Waals surface area contributed by atoms with Crippen molar-refractivity contribution in [2.45, 2.75) is 72.1 Å². The summed E-state index contributed by atoms with van der Waals surface area (Å²) >= 11 is 0. The Morgan fingerprint density at radius 2 is 1.44 bits per heavy atom. The molecule has 0 unspecified atom stereocenters. The first-order valence-corrected chi connectivity index (χ1v) is 12.3. The summed E-state index contributed by atoms with van der Waals surface area (Å²) in [6, 6.07) is 16.5. The maximum absolute atomic E-state index is 12.6.